The first-order valence-electron chi connectivity index (χ1n) is 7.82. The van der Waals surface area contributed by atoms with Crippen LogP contribution in [0.2, 0.25) is 0 Å². The van der Waals surface area contributed by atoms with E-state index >= 15 is 0 Å². The molecule has 1 aliphatic rings. The molecule has 1 unspecified atom stereocenters. The molecular weight excluding hydrogens is 300 g/mol. The van der Waals surface area contributed by atoms with Gasteiger partial charge in [-0.05, 0) is 31.5 Å². The third-order valence-electron chi connectivity index (χ3n) is 4.57. The molecule has 2 aromatic rings. The third-order valence-corrected chi connectivity index (χ3v) is 4.57. The molecule has 0 saturated carbocycles. The summed E-state index contributed by atoms with van der Waals surface area (Å²) in [5.74, 6) is -1.20. The summed E-state index contributed by atoms with van der Waals surface area (Å²) in [6, 6.07) is 3.83. The summed E-state index contributed by atoms with van der Waals surface area (Å²) in [4.78, 5) is 2.20. The van der Waals surface area contributed by atoms with Gasteiger partial charge in [0.15, 0.2) is 0 Å². The van der Waals surface area contributed by atoms with Crippen LogP contribution in [0.25, 0.3) is 11.3 Å². The minimum absolute atomic E-state index is 0.0677. The lowest BCUT2D eigenvalue weighted by molar-refractivity contribution is 0.0430. The van der Waals surface area contributed by atoms with Gasteiger partial charge in [0.1, 0.15) is 11.6 Å². The van der Waals surface area contributed by atoms with Crippen LogP contribution in [0.3, 0.4) is 0 Å². The molecule has 2 heterocycles. The highest BCUT2D eigenvalue weighted by molar-refractivity contribution is 5.64. The van der Waals surface area contributed by atoms with E-state index in [4.69, 9.17) is 0 Å². The first-order valence-corrected chi connectivity index (χ1v) is 7.82. The number of likely N-dealkylation sites (tertiary alicyclic amines) is 1. The van der Waals surface area contributed by atoms with Gasteiger partial charge in [-0.2, -0.15) is 5.10 Å². The Morgan fingerprint density at radius 1 is 1.35 bits per heavy atom. The molecule has 0 aliphatic carbocycles. The Balaban J connectivity index is 1.85. The molecule has 3 rings (SSSR count). The lowest BCUT2D eigenvalue weighted by Gasteiger charge is -2.39. The number of aromatic amines is 1. The number of nitrogens with one attached hydrogen (secondary N) is 1. The summed E-state index contributed by atoms with van der Waals surface area (Å²) < 4.78 is 28.0. The number of benzene rings is 1. The fourth-order valence-corrected chi connectivity index (χ4v) is 3.32. The lowest BCUT2D eigenvalue weighted by atomic mass is 9.82. The van der Waals surface area contributed by atoms with E-state index in [1.807, 2.05) is 0 Å². The van der Waals surface area contributed by atoms with Crippen LogP contribution in [0.1, 0.15) is 25.3 Å². The van der Waals surface area contributed by atoms with Crippen molar-refractivity contribution < 1.29 is 13.9 Å². The average Bonchev–Trinajstić information content (AvgIpc) is 2.95. The van der Waals surface area contributed by atoms with E-state index < -0.39 is 11.6 Å². The number of hydrogen-bond acceptors (Lipinski definition) is 3. The van der Waals surface area contributed by atoms with Crippen molar-refractivity contribution in [2.45, 2.75) is 26.3 Å². The van der Waals surface area contributed by atoms with E-state index in [0.717, 1.165) is 31.5 Å². The molecule has 1 aliphatic heterocycles. The molecule has 2 N–H and O–H groups in total. The van der Waals surface area contributed by atoms with Gasteiger partial charge in [0, 0.05) is 30.7 Å². The van der Waals surface area contributed by atoms with Gasteiger partial charge in [0.05, 0.1) is 17.5 Å². The number of aliphatic hydroxyl groups excluding tert-OH is 1. The zero-order valence-electron chi connectivity index (χ0n) is 13.1. The highest BCUT2D eigenvalue weighted by atomic mass is 19.1. The second-order valence-electron chi connectivity index (χ2n) is 6.65. The maximum atomic E-state index is 14.0. The third kappa shape index (κ3) is 3.28. The molecule has 0 bridgehead atoms. The number of aromatic nitrogens is 2. The van der Waals surface area contributed by atoms with Crippen molar-refractivity contribution in [2.24, 2.45) is 5.41 Å². The van der Waals surface area contributed by atoms with E-state index in [0.29, 0.717) is 12.2 Å². The Bertz CT molecular complexity index is 668. The lowest BCUT2D eigenvalue weighted by Crippen LogP contribution is -2.43. The second-order valence-corrected chi connectivity index (χ2v) is 6.65. The smallest absolute Gasteiger partial charge is 0.135 e. The van der Waals surface area contributed by atoms with Gasteiger partial charge in [-0.1, -0.05) is 13.0 Å². The standard InChI is InChI=1S/C17H21F2N3O/c1-17(11-23)6-3-7-22(10-17)9-12-8-20-21-16(12)15-13(18)4-2-5-14(15)19/h2,4-5,8,23H,3,6-7,9-11H2,1H3,(H,20,21). The topological polar surface area (TPSA) is 52.1 Å². The second kappa shape index (κ2) is 6.37. The van der Waals surface area contributed by atoms with Crippen LogP contribution in [-0.2, 0) is 6.54 Å². The Labute approximate surface area is 134 Å². The molecule has 23 heavy (non-hydrogen) atoms. The Hall–Kier alpha value is -1.79. The number of halogens is 2. The molecule has 6 heteroatoms. The van der Waals surface area contributed by atoms with Gasteiger partial charge in [-0.15, -0.1) is 0 Å². The largest absolute Gasteiger partial charge is 0.396 e. The summed E-state index contributed by atoms with van der Waals surface area (Å²) >= 11 is 0. The van der Waals surface area contributed by atoms with Crippen LogP contribution in [0.5, 0.6) is 0 Å². The van der Waals surface area contributed by atoms with Gasteiger partial charge < -0.3 is 5.11 Å². The molecule has 1 saturated heterocycles. The van der Waals surface area contributed by atoms with Crippen molar-refractivity contribution >= 4 is 0 Å². The zero-order chi connectivity index (χ0) is 16.4. The van der Waals surface area contributed by atoms with E-state index in [9.17, 15) is 13.9 Å². The molecule has 1 aromatic carbocycles. The first-order chi connectivity index (χ1) is 11.0. The van der Waals surface area contributed by atoms with Gasteiger partial charge in [0.25, 0.3) is 0 Å². The summed E-state index contributed by atoms with van der Waals surface area (Å²) in [6.07, 6.45) is 3.60. The summed E-state index contributed by atoms with van der Waals surface area (Å²) in [7, 11) is 0. The molecule has 1 aromatic heterocycles. The number of H-pyrrole nitrogens is 1. The number of piperidine rings is 1. The van der Waals surface area contributed by atoms with Crippen LogP contribution < -0.4 is 0 Å². The molecule has 0 amide bonds. The predicted molar refractivity (Wildman–Crippen MR) is 83.6 cm³/mol. The van der Waals surface area contributed by atoms with Crippen molar-refractivity contribution in [1.29, 1.82) is 0 Å². The highest BCUT2D eigenvalue weighted by Gasteiger charge is 2.31. The predicted octanol–water partition coefficient (Wildman–Crippen LogP) is 2.95. The fraction of sp³-hybridized carbons (Fsp3) is 0.471. The summed E-state index contributed by atoms with van der Waals surface area (Å²) in [6.45, 7) is 4.42. The van der Waals surface area contributed by atoms with Crippen molar-refractivity contribution in [2.75, 3.05) is 19.7 Å². The zero-order valence-corrected chi connectivity index (χ0v) is 13.1. The highest BCUT2D eigenvalue weighted by Crippen LogP contribution is 2.32. The minimum atomic E-state index is -0.602. The van der Waals surface area contributed by atoms with E-state index in [1.165, 1.54) is 18.2 Å². The van der Waals surface area contributed by atoms with Gasteiger partial charge >= 0.3 is 0 Å². The average molecular weight is 321 g/mol. The van der Waals surface area contributed by atoms with Gasteiger partial charge in [-0.3, -0.25) is 10.00 Å². The molecule has 1 atom stereocenters. The van der Waals surface area contributed by atoms with Crippen molar-refractivity contribution in [3.05, 3.63) is 41.6 Å². The SMILES string of the molecule is CC1(CO)CCCN(Cc2cn[nH]c2-c2c(F)cccc2F)C1. The molecule has 1 fully saturated rings. The molecule has 0 radical (unpaired) electrons. The van der Waals surface area contributed by atoms with E-state index in [2.05, 4.69) is 22.0 Å². The molecule has 124 valence electrons. The first kappa shape index (κ1) is 16.1. The molecule has 0 spiro atoms. The normalized spacial score (nSPS) is 22.4. The summed E-state index contributed by atoms with van der Waals surface area (Å²) in [5, 5.41) is 16.2. The van der Waals surface area contributed by atoms with Gasteiger partial charge in [-0.25, -0.2) is 8.78 Å². The monoisotopic (exact) mass is 321 g/mol. The van der Waals surface area contributed by atoms with Crippen LogP contribution in [-0.4, -0.2) is 39.9 Å². The van der Waals surface area contributed by atoms with Crippen LogP contribution in [0.4, 0.5) is 8.78 Å². The summed E-state index contributed by atoms with van der Waals surface area (Å²) in [5.41, 5.74) is 0.959. The van der Waals surface area contributed by atoms with Crippen molar-refractivity contribution in [3.63, 3.8) is 0 Å². The molecule has 4 nitrogen and oxygen atoms in total. The maximum absolute atomic E-state index is 14.0. The number of nitrogens with zero attached hydrogens (tertiary/aromatic N) is 2. The Morgan fingerprint density at radius 3 is 2.78 bits per heavy atom. The number of hydrogen-bond donors (Lipinski definition) is 2. The number of aliphatic hydroxyl groups is 1. The van der Waals surface area contributed by atoms with Crippen LogP contribution in [0.15, 0.2) is 24.4 Å². The van der Waals surface area contributed by atoms with E-state index in [1.54, 1.807) is 6.20 Å². The van der Waals surface area contributed by atoms with Crippen molar-refractivity contribution in [1.82, 2.24) is 15.1 Å². The van der Waals surface area contributed by atoms with Gasteiger partial charge in [0.2, 0.25) is 0 Å². The quantitative estimate of drug-likeness (QED) is 0.910. The van der Waals surface area contributed by atoms with Crippen molar-refractivity contribution in [3.8, 4) is 11.3 Å². The fourth-order valence-electron chi connectivity index (χ4n) is 3.32. The minimum Gasteiger partial charge on any atom is -0.396 e. The Morgan fingerprint density at radius 2 is 2.09 bits per heavy atom. The van der Waals surface area contributed by atoms with Crippen LogP contribution in [0, 0.1) is 17.0 Å². The molecular formula is C17H21F2N3O. The Kier molecular flexibility index (Phi) is 4.46. The maximum Gasteiger partial charge on any atom is 0.135 e. The van der Waals surface area contributed by atoms with Crippen LogP contribution >= 0.6 is 0 Å². The van der Waals surface area contributed by atoms with E-state index in [-0.39, 0.29) is 17.6 Å². The number of rotatable bonds is 4.